The van der Waals surface area contributed by atoms with Crippen molar-refractivity contribution >= 4 is 11.8 Å². The SMILES string of the molecule is O=C1CC(=O)NCCCCCCN1. The maximum Gasteiger partial charge on any atom is 0.229 e. The predicted molar refractivity (Wildman–Crippen MR) is 49.1 cm³/mol. The molecule has 1 aliphatic heterocycles. The Bertz CT molecular complexity index is 172. The Labute approximate surface area is 78.1 Å². The van der Waals surface area contributed by atoms with Gasteiger partial charge in [0.05, 0.1) is 0 Å². The minimum absolute atomic E-state index is 0.0278. The van der Waals surface area contributed by atoms with Crippen molar-refractivity contribution in [1.29, 1.82) is 0 Å². The summed E-state index contributed by atoms with van der Waals surface area (Å²) in [6.45, 7) is 1.40. The highest BCUT2D eigenvalue weighted by molar-refractivity contribution is 5.96. The highest BCUT2D eigenvalue weighted by Gasteiger charge is 2.08. The molecule has 1 aliphatic rings. The fraction of sp³-hybridized carbons (Fsp3) is 0.778. The van der Waals surface area contributed by atoms with Crippen LogP contribution in [0.5, 0.6) is 0 Å². The van der Waals surface area contributed by atoms with Crippen molar-refractivity contribution in [2.75, 3.05) is 13.1 Å². The molecule has 2 amide bonds. The lowest BCUT2D eigenvalue weighted by atomic mass is 10.2. The monoisotopic (exact) mass is 184 g/mol. The summed E-state index contributed by atoms with van der Waals surface area (Å²) in [5.41, 5.74) is 0. The van der Waals surface area contributed by atoms with Gasteiger partial charge in [-0.3, -0.25) is 9.59 Å². The van der Waals surface area contributed by atoms with Crippen LogP contribution in [0.15, 0.2) is 0 Å². The van der Waals surface area contributed by atoms with Gasteiger partial charge in [-0.25, -0.2) is 0 Å². The van der Waals surface area contributed by atoms with Gasteiger partial charge in [0.15, 0.2) is 0 Å². The van der Waals surface area contributed by atoms with Gasteiger partial charge in [0.1, 0.15) is 6.42 Å². The molecular weight excluding hydrogens is 168 g/mol. The lowest BCUT2D eigenvalue weighted by Crippen LogP contribution is -2.32. The fourth-order valence-electron chi connectivity index (χ4n) is 1.33. The number of carbonyl (C=O) groups is 2. The van der Waals surface area contributed by atoms with Crippen molar-refractivity contribution in [3.8, 4) is 0 Å². The number of hydrogen-bond acceptors (Lipinski definition) is 2. The first-order chi connectivity index (χ1) is 6.29. The second-order valence-electron chi connectivity index (χ2n) is 3.29. The van der Waals surface area contributed by atoms with Gasteiger partial charge in [0.2, 0.25) is 11.8 Å². The van der Waals surface area contributed by atoms with Crippen LogP contribution in [0.3, 0.4) is 0 Å². The Morgan fingerprint density at radius 3 is 1.69 bits per heavy atom. The molecule has 74 valence electrons. The van der Waals surface area contributed by atoms with E-state index in [1.807, 2.05) is 0 Å². The molecule has 0 saturated carbocycles. The number of rotatable bonds is 0. The largest absolute Gasteiger partial charge is 0.356 e. The standard InChI is InChI=1S/C9H16N2O2/c12-8-7-9(13)11-6-4-2-1-3-5-10-8/h1-7H2,(H,10,12)(H,11,13). The van der Waals surface area contributed by atoms with Crippen molar-refractivity contribution in [2.45, 2.75) is 32.1 Å². The van der Waals surface area contributed by atoms with E-state index in [-0.39, 0.29) is 18.2 Å². The average Bonchev–Trinajstić information content (AvgIpc) is 2.11. The topological polar surface area (TPSA) is 58.2 Å². The molecule has 0 bridgehead atoms. The van der Waals surface area contributed by atoms with E-state index in [1.54, 1.807) is 0 Å². The summed E-state index contributed by atoms with van der Waals surface area (Å²) in [6, 6.07) is 0. The normalized spacial score (nSPS) is 21.2. The number of nitrogens with one attached hydrogen (secondary N) is 2. The van der Waals surface area contributed by atoms with Gasteiger partial charge < -0.3 is 10.6 Å². The summed E-state index contributed by atoms with van der Waals surface area (Å²) in [6.07, 6.45) is 4.24. The molecule has 0 unspecified atom stereocenters. The van der Waals surface area contributed by atoms with Gasteiger partial charge in [-0.05, 0) is 12.8 Å². The van der Waals surface area contributed by atoms with E-state index in [1.165, 1.54) is 0 Å². The van der Waals surface area contributed by atoms with Gasteiger partial charge in [0, 0.05) is 13.1 Å². The Balaban J connectivity index is 2.34. The molecule has 1 saturated heterocycles. The van der Waals surface area contributed by atoms with Crippen LogP contribution in [-0.2, 0) is 9.59 Å². The lowest BCUT2D eigenvalue weighted by Gasteiger charge is -2.02. The third-order valence-corrected chi connectivity index (χ3v) is 2.07. The summed E-state index contributed by atoms with van der Waals surface area (Å²) in [7, 11) is 0. The van der Waals surface area contributed by atoms with Crippen LogP contribution in [0, 0.1) is 0 Å². The van der Waals surface area contributed by atoms with Crippen molar-refractivity contribution in [3.63, 3.8) is 0 Å². The Hall–Kier alpha value is -1.06. The smallest absolute Gasteiger partial charge is 0.229 e. The Kier molecular flexibility index (Phi) is 4.29. The summed E-state index contributed by atoms with van der Waals surface area (Å²) in [4.78, 5) is 22.1. The molecule has 0 aromatic heterocycles. The molecule has 4 nitrogen and oxygen atoms in total. The molecular formula is C9H16N2O2. The first kappa shape index (κ1) is 10.0. The van der Waals surface area contributed by atoms with Gasteiger partial charge in [-0.2, -0.15) is 0 Å². The molecule has 0 atom stereocenters. The molecule has 1 fully saturated rings. The van der Waals surface area contributed by atoms with E-state index in [0.717, 1.165) is 25.7 Å². The molecule has 1 rings (SSSR count). The third kappa shape index (κ3) is 4.50. The first-order valence-corrected chi connectivity index (χ1v) is 4.82. The van der Waals surface area contributed by atoms with Crippen LogP contribution in [0.2, 0.25) is 0 Å². The zero-order valence-electron chi connectivity index (χ0n) is 7.77. The minimum Gasteiger partial charge on any atom is -0.356 e. The van der Waals surface area contributed by atoms with E-state index in [4.69, 9.17) is 0 Å². The lowest BCUT2D eigenvalue weighted by molar-refractivity contribution is -0.129. The van der Waals surface area contributed by atoms with Crippen molar-refractivity contribution < 1.29 is 9.59 Å². The number of hydrogen-bond donors (Lipinski definition) is 2. The molecule has 13 heavy (non-hydrogen) atoms. The molecule has 0 aromatic rings. The average molecular weight is 184 g/mol. The molecule has 2 N–H and O–H groups in total. The molecule has 0 aliphatic carbocycles. The molecule has 0 radical (unpaired) electrons. The van der Waals surface area contributed by atoms with Crippen LogP contribution in [0.4, 0.5) is 0 Å². The highest BCUT2D eigenvalue weighted by Crippen LogP contribution is 1.99. The summed E-state index contributed by atoms with van der Waals surface area (Å²) >= 11 is 0. The van der Waals surface area contributed by atoms with E-state index < -0.39 is 0 Å². The zero-order chi connectivity index (χ0) is 9.52. The van der Waals surface area contributed by atoms with Crippen molar-refractivity contribution in [1.82, 2.24) is 10.6 Å². The maximum atomic E-state index is 11.1. The summed E-state index contributed by atoms with van der Waals surface area (Å²) in [5, 5.41) is 5.42. The minimum atomic E-state index is -0.167. The number of carbonyl (C=O) groups excluding carboxylic acids is 2. The van der Waals surface area contributed by atoms with Crippen LogP contribution >= 0.6 is 0 Å². The maximum absolute atomic E-state index is 11.1. The second-order valence-corrected chi connectivity index (χ2v) is 3.29. The van der Waals surface area contributed by atoms with E-state index >= 15 is 0 Å². The van der Waals surface area contributed by atoms with Gasteiger partial charge in [-0.15, -0.1) is 0 Å². The predicted octanol–water partition coefficient (Wildman–Crippen LogP) is 0.183. The fourth-order valence-corrected chi connectivity index (χ4v) is 1.33. The van der Waals surface area contributed by atoms with Crippen LogP contribution in [0.25, 0.3) is 0 Å². The van der Waals surface area contributed by atoms with Crippen LogP contribution in [0.1, 0.15) is 32.1 Å². The summed E-state index contributed by atoms with van der Waals surface area (Å²) < 4.78 is 0. The molecule has 0 aromatic carbocycles. The zero-order valence-corrected chi connectivity index (χ0v) is 7.77. The third-order valence-electron chi connectivity index (χ3n) is 2.07. The van der Waals surface area contributed by atoms with Gasteiger partial charge in [0.25, 0.3) is 0 Å². The first-order valence-electron chi connectivity index (χ1n) is 4.82. The molecule has 4 heteroatoms. The van der Waals surface area contributed by atoms with Crippen LogP contribution < -0.4 is 10.6 Å². The van der Waals surface area contributed by atoms with Crippen molar-refractivity contribution in [3.05, 3.63) is 0 Å². The number of amides is 2. The second kappa shape index (κ2) is 5.56. The Morgan fingerprint density at radius 2 is 1.23 bits per heavy atom. The highest BCUT2D eigenvalue weighted by atomic mass is 16.2. The van der Waals surface area contributed by atoms with Crippen molar-refractivity contribution in [2.24, 2.45) is 0 Å². The van der Waals surface area contributed by atoms with Crippen LogP contribution in [-0.4, -0.2) is 24.9 Å². The molecule has 1 heterocycles. The van der Waals surface area contributed by atoms with E-state index in [9.17, 15) is 9.59 Å². The van der Waals surface area contributed by atoms with Gasteiger partial charge in [-0.1, -0.05) is 12.8 Å². The quantitative estimate of drug-likeness (QED) is 0.528. The van der Waals surface area contributed by atoms with E-state index in [2.05, 4.69) is 10.6 Å². The summed E-state index contributed by atoms with van der Waals surface area (Å²) in [5.74, 6) is -0.334. The van der Waals surface area contributed by atoms with Gasteiger partial charge >= 0.3 is 0 Å². The Morgan fingerprint density at radius 1 is 0.769 bits per heavy atom. The van der Waals surface area contributed by atoms with E-state index in [0.29, 0.717) is 13.1 Å². The molecule has 0 spiro atoms.